The molecule has 15 heavy (non-hydrogen) atoms. The molecule has 2 heterocycles. The normalized spacial score (nSPS) is 25.4. The summed E-state index contributed by atoms with van der Waals surface area (Å²) in [5, 5.41) is 2.74. The number of carbonyl (C=O) groups is 1. The van der Waals surface area contributed by atoms with Gasteiger partial charge in [0.15, 0.2) is 0 Å². The predicted molar refractivity (Wildman–Crippen MR) is 61.5 cm³/mol. The lowest BCUT2D eigenvalue weighted by atomic mass is 9.96. The molecule has 0 bridgehead atoms. The highest BCUT2D eigenvalue weighted by Crippen LogP contribution is 2.25. The number of hydrogen-bond donors (Lipinski definition) is 2. The van der Waals surface area contributed by atoms with Gasteiger partial charge in [0.1, 0.15) is 5.82 Å². The number of halogens is 1. The first-order valence-corrected chi connectivity index (χ1v) is 5.53. The molecule has 1 aromatic heterocycles. The van der Waals surface area contributed by atoms with Crippen LogP contribution in [-0.4, -0.2) is 16.4 Å². The summed E-state index contributed by atoms with van der Waals surface area (Å²) < 4.78 is 0.913. The minimum Gasteiger partial charge on any atom is -0.318 e. The summed E-state index contributed by atoms with van der Waals surface area (Å²) in [6, 6.07) is 1.96. The van der Waals surface area contributed by atoms with Gasteiger partial charge < -0.3 is 11.1 Å². The maximum Gasteiger partial charge on any atom is 0.245 e. The van der Waals surface area contributed by atoms with Crippen molar-refractivity contribution in [3.8, 4) is 0 Å². The van der Waals surface area contributed by atoms with E-state index in [0.29, 0.717) is 12.2 Å². The van der Waals surface area contributed by atoms with Gasteiger partial charge in [-0.3, -0.25) is 4.79 Å². The second-order valence-corrected chi connectivity index (χ2v) is 4.95. The van der Waals surface area contributed by atoms with Crippen LogP contribution in [-0.2, 0) is 11.2 Å². The molecule has 0 fully saturated rings. The Morgan fingerprint density at radius 3 is 3.13 bits per heavy atom. The molecule has 1 aliphatic heterocycles. The van der Waals surface area contributed by atoms with Gasteiger partial charge in [0.05, 0.1) is 5.54 Å². The number of amides is 1. The van der Waals surface area contributed by atoms with Crippen molar-refractivity contribution in [2.75, 3.05) is 5.32 Å². The molecule has 1 atom stereocenters. The smallest absolute Gasteiger partial charge is 0.245 e. The lowest BCUT2D eigenvalue weighted by molar-refractivity contribution is -0.120. The predicted octanol–water partition coefficient (Wildman–Crippen LogP) is 1.45. The molecule has 0 aliphatic carbocycles. The summed E-state index contributed by atoms with van der Waals surface area (Å²) in [6.45, 7) is 1.74. The van der Waals surface area contributed by atoms with Crippen LogP contribution in [0.15, 0.2) is 16.7 Å². The van der Waals surface area contributed by atoms with Crippen LogP contribution in [0.2, 0.25) is 0 Å². The molecule has 1 aliphatic rings. The SMILES string of the molecule is CC1(N)CCc2cc(Br)cnc2NC1=O. The van der Waals surface area contributed by atoms with Gasteiger partial charge in [-0.05, 0) is 47.3 Å². The van der Waals surface area contributed by atoms with Crippen molar-refractivity contribution in [2.24, 2.45) is 5.73 Å². The Balaban J connectivity index is 2.40. The maximum absolute atomic E-state index is 11.7. The molecule has 1 aromatic rings. The third kappa shape index (κ3) is 2.03. The van der Waals surface area contributed by atoms with E-state index in [4.69, 9.17) is 5.73 Å². The van der Waals surface area contributed by atoms with Crippen LogP contribution < -0.4 is 11.1 Å². The summed E-state index contributed by atoms with van der Waals surface area (Å²) in [5.41, 5.74) is 6.10. The number of anilines is 1. The highest BCUT2D eigenvalue weighted by atomic mass is 79.9. The van der Waals surface area contributed by atoms with E-state index >= 15 is 0 Å². The molecule has 0 saturated heterocycles. The molecule has 0 aromatic carbocycles. The molecule has 2 rings (SSSR count). The Bertz CT molecular complexity index is 417. The van der Waals surface area contributed by atoms with Gasteiger partial charge in [-0.25, -0.2) is 4.98 Å². The standard InChI is InChI=1S/C10H12BrN3O/c1-10(12)3-2-6-4-7(11)5-13-8(6)14-9(10)15/h4-5H,2-3,12H2,1H3,(H,13,14,15). The summed E-state index contributed by atoms with van der Waals surface area (Å²) in [5.74, 6) is 0.452. The quantitative estimate of drug-likeness (QED) is 0.749. The number of nitrogens with two attached hydrogens (primary N) is 1. The van der Waals surface area contributed by atoms with Crippen LogP contribution >= 0.6 is 15.9 Å². The molecular weight excluding hydrogens is 258 g/mol. The zero-order valence-corrected chi connectivity index (χ0v) is 9.97. The van der Waals surface area contributed by atoms with E-state index in [1.54, 1.807) is 13.1 Å². The maximum atomic E-state index is 11.7. The van der Waals surface area contributed by atoms with E-state index < -0.39 is 5.54 Å². The Kier molecular flexibility index (Phi) is 2.52. The second kappa shape index (κ2) is 3.57. The number of fused-ring (bicyclic) bond motifs is 1. The number of aromatic nitrogens is 1. The van der Waals surface area contributed by atoms with Crippen LogP contribution in [0.25, 0.3) is 0 Å². The molecule has 80 valence electrons. The van der Waals surface area contributed by atoms with Crippen LogP contribution in [0.5, 0.6) is 0 Å². The molecule has 0 radical (unpaired) electrons. The fourth-order valence-corrected chi connectivity index (χ4v) is 1.92. The third-order valence-corrected chi connectivity index (χ3v) is 3.03. The Hall–Kier alpha value is -0.940. The van der Waals surface area contributed by atoms with Crippen LogP contribution in [0.1, 0.15) is 18.9 Å². The highest BCUT2D eigenvalue weighted by Gasteiger charge is 2.31. The number of aryl methyl sites for hydroxylation is 1. The molecule has 5 heteroatoms. The highest BCUT2D eigenvalue weighted by molar-refractivity contribution is 9.10. The molecule has 0 saturated carbocycles. The van der Waals surface area contributed by atoms with Crippen molar-refractivity contribution in [1.29, 1.82) is 0 Å². The van der Waals surface area contributed by atoms with E-state index in [1.807, 2.05) is 6.07 Å². The minimum atomic E-state index is -0.812. The fraction of sp³-hybridized carbons (Fsp3) is 0.400. The number of pyridine rings is 1. The summed E-state index contributed by atoms with van der Waals surface area (Å²) >= 11 is 3.35. The zero-order valence-electron chi connectivity index (χ0n) is 8.38. The molecule has 4 nitrogen and oxygen atoms in total. The average molecular weight is 270 g/mol. The van der Waals surface area contributed by atoms with Crippen LogP contribution in [0, 0.1) is 0 Å². The molecule has 1 amide bonds. The van der Waals surface area contributed by atoms with E-state index in [9.17, 15) is 4.79 Å². The topological polar surface area (TPSA) is 68.0 Å². The van der Waals surface area contributed by atoms with Gasteiger partial charge in [0, 0.05) is 10.7 Å². The summed E-state index contributed by atoms with van der Waals surface area (Å²) in [6.07, 6.45) is 3.05. The lowest BCUT2D eigenvalue weighted by Gasteiger charge is -2.19. The van der Waals surface area contributed by atoms with Gasteiger partial charge in [0.2, 0.25) is 5.91 Å². The van der Waals surface area contributed by atoms with Crippen molar-refractivity contribution >= 4 is 27.7 Å². The number of nitrogens with one attached hydrogen (secondary N) is 1. The Labute approximate surface area is 96.4 Å². The van der Waals surface area contributed by atoms with Gasteiger partial charge in [-0.1, -0.05) is 0 Å². The van der Waals surface area contributed by atoms with Crippen molar-refractivity contribution in [3.05, 3.63) is 22.3 Å². The number of hydrogen-bond acceptors (Lipinski definition) is 3. The number of carbonyl (C=O) groups excluding carboxylic acids is 1. The first-order chi connectivity index (χ1) is 6.99. The van der Waals surface area contributed by atoms with Crippen molar-refractivity contribution in [3.63, 3.8) is 0 Å². The largest absolute Gasteiger partial charge is 0.318 e. The monoisotopic (exact) mass is 269 g/mol. The zero-order chi connectivity index (χ0) is 11.1. The molecular formula is C10H12BrN3O. The van der Waals surface area contributed by atoms with E-state index in [0.717, 1.165) is 16.5 Å². The summed E-state index contributed by atoms with van der Waals surface area (Å²) in [4.78, 5) is 15.9. The van der Waals surface area contributed by atoms with Crippen LogP contribution in [0.3, 0.4) is 0 Å². The van der Waals surface area contributed by atoms with E-state index in [2.05, 4.69) is 26.2 Å². The van der Waals surface area contributed by atoms with Gasteiger partial charge in [0.25, 0.3) is 0 Å². The van der Waals surface area contributed by atoms with Crippen LogP contribution in [0.4, 0.5) is 5.82 Å². The van der Waals surface area contributed by atoms with Crippen molar-refractivity contribution < 1.29 is 4.79 Å². The minimum absolute atomic E-state index is 0.170. The van der Waals surface area contributed by atoms with E-state index in [-0.39, 0.29) is 5.91 Å². The van der Waals surface area contributed by atoms with E-state index in [1.165, 1.54) is 0 Å². The number of nitrogens with zero attached hydrogens (tertiary/aromatic N) is 1. The molecule has 0 spiro atoms. The first-order valence-electron chi connectivity index (χ1n) is 4.74. The fourth-order valence-electron chi connectivity index (χ4n) is 1.54. The van der Waals surface area contributed by atoms with Gasteiger partial charge in [-0.15, -0.1) is 0 Å². The Morgan fingerprint density at radius 1 is 1.67 bits per heavy atom. The van der Waals surface area contributed by atoms with Gasteiger partial charge in [-0.2, -0.15) is 0 Å². The van der Waals surface area contributed by atoms with Crippen molar-refractivity contribution in [2.45, 2.75) is 25.3 Å². The average Bonchev–Trinajstić information content (AvgIpc) is 2.27. The molecule has 1 unspecified atom stereocenters. The van der Waals surface area contributed by atoms with Crippen molar-refractivity contribution in [1.82, 2.24) is 4.98 Å². The first kappa shape index (κ1) is 10.6. The Morgan fingerprint density at radius 2 is 2.40 bits per heavy atom. The summed E-state index contributed by atoms with van der Waals surface area (Å²) in [7, 11) is 0. The second-order valence-electron chi connectivity index (χ2n) is 4.03. The number of rotatable bonds is 0. The third-order valence-electron chi connectivity index (χ3n) is 2.60. The molecule has 3 N–H and O–H groups in total. The lowest BCUT2D eigenvalue weighted by Crippen LogP contribution is -2.47. The van der Waals surface area contributed by atoms with Gasteiger partial charge >= 0.3 is 0 Å².